The van der Waals surface area contributed by atoms with Crippen molar-refractivity contribution in [3.05, 3.63) is 35.4 Å². The lowest BCUT2D eigenvalue weighted by atomic mass is 9.79. The Labute approximate surface area is 86.8 Å². The predicted octanol–water partition coefficient (Wildman–Crippen LogP) is 3.05. The fourth-order valence-corrected chi connectivity index (χ4v) is 1.89. The second-order valence-electron chi connectivity index (χ2n) is 4.34. The van der Waals surface area contributed by atoms with Gasteiger partial charge in [0.05, 0.1) is 6.61 Å². The lowest BCUT2D eigenvalue weighted by Gasteiger charge is -2.27. The first-order valence-electron chi connectivity index (χ1n) is 5.30. The topological polar surface area (TPSA) is 20.2 Å². The standard InChI is InChI=1S/C13H20O/c1-4-8-13(3,10-14)12-7-5-6-11(2)9-12/h5-7,9,14H,4,8,10H2,1-3H3. The van der Waals surface area contributed by atoms with Gasteiger partial charge in [0.15, 0.2) is 0 Å². The van der Waals surface area contributed by atoms with Crippen molar-refractivity contribution in [1.29, 1.82) is 0 Å². The van der Waals surface area contributed by atoms with Gasteiger partial charge in [-0.25, -0.2) is 0 Å². The summed E-state index contributed by atoms with van der Waals surface area (Å²) in [6.07, 6.45) is 2.14. The molecule has 1 aromatic carbocycles. The third-order valence-electron chi connectivity index (χ3n) is 2.87. The van der Waals surface area contributed by atoms with E-state index in [1.165, 1.54) is 11.1 Å². The highest BCUT2D eigenvalue weighted by Gasteiger charge is 2.24. The zero-order valence-electron chi connectivity index (χ0n) is 9.38. The Bertz CT molecular complexity index is 293. The van der Waals surface area contributed by atoms with Gasteiger partial charge in [-0.05, 0) is 18.9 Å². The number of rotatable bonds is 4. The van der Waals surface area contributed by atoms with E-state index in [1.54, 1.807) is 0 Å². The van der Waals surface area contributed by atoms with Crippen molar-refractivity contribution in [2.75, 3.05) is 6.61 Å². The van der Waals surface area contributed by atoms with Crippen molar-refractivity contribution >= 4 is 0 Å². The molecule has 1 aromatic rings. The molecule has 1 N–H and O–H groups in total. The van der Waals surface area contributed by atoms with E-state index in [0.29, 0.717) is 0 Å². The van der Waals surface area contributed by atoms with Crippen LogP contribution in [0.5, 0.6) is 0 Å². The molecule has 0 bridgehead atoms. The number of aliphatic hydroxyl groups excluding tert-OH is 1. The van der Waals surface area contributed by atoms with E-state index in [9.17, 15) is 5.11 Å². The molecule has 0 spiro atoms. The molecule has 0 amide bonds. The Morgan fingerprint density at radius 1 is 1.36 bits per heavy atom. The molecule has 0 aliphatic heterocycles. The van der Waals surface area contributed by atoms with Crippen LogP contribution in [0.3, 0.4) is 0 Å². The highest BCUT2D eigenvalue weighted by atomic mass is 16.3. The maximum atomic E-state index is 9.46. The Hall–Kier alpha value is -0.820. The van der Waals surface area contributed by atoms with E-state index in [2.05, 4.69) is 45.0 Å². The predicted molar refractivity (Wildman–Crippen MR) is 60.5 cm³/mol. The quantitative estimate of drug-likeness (QED) is 0.777. The van der Waals surface area contributed by atoms with Crippen LogP contribution in [0, 0.1) is 6.92 Å². The van der Waals surface area contributed by atoms with Gasteiger partial charge in [0, 0.05) is 5.41 Å². The monoisotopic (exact) mass is 192 g/mol. The molecule has 0 saturated heterocycles. The number of benzene rings is 1. The van der Waals surface area contributed by atoms with E-state index in [0.717, 1.165) is 12.8 Å². The average Bonchev–Trinajstić information content (AvgIpc) is 2.18. The van der Waals surface area contributed by atoms with Gasteiger partial charge in [-0.15, -0.1) is 0 Å². The minimum absolute atomic E-state index is 0.0687. The minimum Gasteiger partial charge on any atom is -0.395 e. The zero-order valence-corrected chi connectivity index (χ0v) is 9.38. The lowest BCUT2D eigenvalue weighted by Crippen LogP contribution is -2.26. The summed E-state index contributed by atoms with van der Waals surface area (Å²) < 4.78 is 0. The van der Waals surface area contributed by atoms with E-state index in [1.807, 2.05) is 0 Å². The van der Waals surface area contributed by atoms with Crippen LogP contribution in [0.25, 0.3) is 0 Å². The molecule has 0 saturated carbocycles. The summed E-state index contributed by atoms with van der Waals surface area (Å²) >= 11 is 0. The van der Waals surface area contributed by atoms with Crippen LogP contribution in [-0.2, 0) is 5.41 Å². The molecule has 0 radical (unpaired) electrons. The first-order chi connectivity index (χ1) is 6.62. The molecule has 1 unspecified atom stereocenters. The van der Waals surface area contributed by atoms with Crippen molar-refractivity contribution in [2.24, 2.45) is 0 Å². The number of hydrogen-bond acceptors (Lipinski definition) is 1. The summed E-state index contributed by atoms with van der Waals surface area (Å²) in [4.78, 5) is 0. The number of aliphatic hydroxyl groups is 1. The number of hydrogen-bond donors (Lipinski definition) is 1. The fourth-order valence-electron chi connectivity index (χ4n) is 1.89. The maximum absolute atomic E-state index is 9.46. The second-order valence-corrected chi connectivity index (χ2v) is 4.34. The van der Waals surface area contributed by atoms with Crippen molar-refractivity contribution in [1.82, 2.24) is 0 Å². The highest BCUT2D eigenvalue weighted by Crippen LogP contribution is 2.28. The van der Waals surface area contributed by atoms with Crippen LogP contribution >= 0.6 is 0 Å². The minimum atomic E-state index is -0.0687. The van der Waals surface area contributed by atoms with Crippen LogP contribution in [0.1, 0.15) is 37.8 Å². The summed E-state index contributed by atoms with van der Waals surface area (Å²) in [5.74, 6) is 0. The van der Waals surface area contributed by atoms with Gasteiger partial charge in [0.25, 0.3) is 0 Å². The maximum Gasteiger partial charge on any atom is 0.0525 e. The molecule has 1 nitrogen and oxygen atoms in total. The molecule has 1 atom stereocenters. The van der Waals surface area contributed by atoms with E-state index < -0.39 is 0 Å². The molecule has 0 fully saturated rings. The molecule has 1 rings (SSSR count). The normalized spacial score (nSPS) is 15.1. The molecule has 14 heavy (non-hydrogen) atoms. The highest BCUT2D eigenvalue weighted by molar-refractivity contribution is 5.29. The summed E-state index contributed by atoms with van der Waals surface area (Å²) in [7, 11) is 0. The van der Waals surface area contributed by atoms with Crippen molar-refractivity contribution in [3.63, 3.8) is 0 Å². The van der Waals surface area contributed by atoms with Crippen LogP contribution < -0.4 is 0 Å². The van der Waals surface area contributed by atoms with Gasteiger partial charge in [-0.1, -0.05) is 50.1 Å². The molecular formula is C13H20O. The molecule has 0 aliphatic rings. The Morgan fingerprint density at radius 3 is 2.57 bits per heavy atom. The van der Waals surface area contributed by atoms with Crippen LogP contribution in [0.2, 0.25) is 0 Å². The third-order valence-corrected chi connectivity index (χ3v) is 2.87. The molecule has 0 aromatic heterocycles. The fraction of sp³-hybridized carbons (Fsp3) is 0.538. The van der Waals surface area contributed by atoms with E-state index in [-0.39, 0.29) is 12.0 Å². The van der Waals surface area contributed by atoms with Crippen molar-refractivity contribution in [3.8, 4) is 0 Å². The first kappa shape index (κ1) is 11.3. The SMILES string of the molecule is CCCC(C)(CO)c1cccc(C)c1. The summed E-state index contributed by atoms with van der Waals surface area (Å²) in [6, 6.07) is 8.44. The lowest BCUT2D eigenvalue weighted by molar-refractivity contribution is 0.196. The van der Waals surface area contributed by atoms with Gasteiger partial charge in [0.2, 0.25) is 0 Å². The smallest absolute Gasteiger partial charge is 0.0525 e. The summed E-state index contributed by atoms with van der Waals surface area (Å²) in [6.45, 7) is 6.60. The third kappa shape index (κ3) is 2.36. The van der Waals surface area contributed by atoms with E-state index in [4.69, 9.17) is 0 Å². The Kier molecular flexibility index (Phi) is 3.70. The van der Waals surface area contributed by atoms with Gasteiger partial charge >= 0.3 is 0 Å². The molecular weight excluding hydrogens is 172 g/mol. The Morgan fingerprint density at radius 2 is 2.07 bits per heavy atom. The molecule has 0 aliphatic carbocycles. The molecule has 0 heterocycles. The second kappa shape index (κ2) is 4.61. The van der Waals surface area contributed by atoms with Crippen LogP contribution in [0.4, 0.5) is 0 Å². The zero-order chi connectivity index (χ0) is 10.6. The first-order valence-corrected chi connectivity index (χ1v) is 5.30. The van der Waals surface area contributed by atoms with Crippen molar-refractivity contribution < 1.29 is 5.11 Å². The largest absolute Gasteiger partial charge is 0.395 e. The van der Waals surface area contributed by atoms with Gasteiger partial charge < -0.3 is 5.11 Å². The summed E-state index contributed by atoms with van der Waals surface area (Å²) in [5.41, 5.74) is 2.45. The average molecular weight is 192 g/mol. The van der Waals surface area contributed by atoms with Crippen LogP contribution in [-0.4, -0.2) is 11.7 Å². The number of aryl methyl sites for hydroxylation is 1. The van der Waals surface area contributed by atoms with Gasteiger partial charge in [-0.2, -0.15) is 0 Å². The van der Waals surface area contributed by atoms with Crippen molar-refractivity contribution in [2.45, 2.75) is 39.0 Å². The van der Waals surface area contributed by atoms with Gasteiger partial charge in [-0.3, -0.25) is 0 Å². The summed E-state index contributed by atoms with van der Waals surface area (Å²) in [5, 5.41) is 9.46. The van der Waals surface area contributed by atoms with Crippen LogP contribution in [0.15, 0.2) is 24.3 Å². The van der Waals surface area contributed by atoms with Gasteiger partial charge in [0.1, 0.15) is 0 Å². The Balaban J connectivity index is 2.99. The molecule has 1 heteroatoms. The van der Waals surface area contributed by atoms with E-state index >= 15 is 0 Å². The molecule has 78 valence electrons.